The van der Waals surface area contributed by atoms with Gasteiger partial charge >= 0.3 is 36.2 Å². The van der Waals surface area contributed by atoms with Crippen LogP contribution >= 0.6 is 0 Å². The van der Waals surface area contributed by atoms with E-state index in [1.807, 2.05) is 0 Å². The molecule has 0 heterocycles. The topological polar surface area (TPSA) is 0 Å². The van der Waals surface area contributed by atoms with Gasteiger partial charge in [0.25, 0.3) is 0 Å². The Morgan fingerprint density at radius 1 is 1.00 bits per heavy atom. The third kappa shape index (κ3) is 59.7. The average molecular weight is 93.0 g/mol. The van der Waals surface area contributed by atoms with Crippen molar-refractivity contribution in [2.45, 2.75) is 6.68 Å². The summed E-state index contributed by atoms with van der Waals surface area (Å²) in [5, 5.41) is 0. The molecule has 0 amide bonds. The SMILES string of the molecule is FC(F)F.[Na+]. The molecule has 26 valence electrons. The normalized spacial score (nSPS) is 7.20. The van der Waals surface area contributed by atoms with Gasteiger partial charge in [-0.15, -0.1) is 0 Å². The average Bonchev–Trinajstić information content (AvgIpc) is 0.811. The van der Waals surface area contributed by atoms with Crippen LogP contribution in [0.1, 0.15) is 0 Å². The molecule has 0 spiro atoms. The van der Waals surface area contributed by atoms with Crippen molar-refractivity contribution in [1.29, 1.82) is 0 Å². The smallest absolute Gasteiger partial charge is 0.174 e. The number of halogens is 3. The maximum Gasteiger partial charge on any atom is 1.00 e. The zero-order valence-corrected chi connectivity index (χ0v) is 4.71. The molecule has 0 aromatic carbocycles. The van der Waals surface area contributed by atoms with E-state index in [4.69, 9.17) is 0 Å². The molecular weight excluding hydrogens is 92.0 g/mol. The van der Waals surface area contributed by atoms with Crippen molar-refractivity contribution >= 4 is 0 Å². The molecule has 0 saturated carbocycles. The molecule has 0 saturated heterocycles. The second-order valence-electron chi connectivity index (χ2n) is 0.247. The van der Waals surface area contributed by atoms with Gasteiger partial charge in [-0.25, -0.2) is 0 Å². The molecular formula is CHF3Na+. The first-order valence-corrected chi connectivity index (χ1v) is 0.655. The summed E-state index contributed by atoms with van der Waals surface area (Å²) in [4.78, 5) is 0. The molecule has 0 rings (SSSR count). The molecule has 0 aliphatic rings. The number of rotatable bonds is 0. The van der Waals surface area contributed by atoms with Crippen LogP contribution in [-0.2, 0) is 0 Å². The maximum absolute atomic E-state index is 9.67. The predicted octanol–water partition coefficient (Wildman–Crippen LogP) is -1.82. The molecule has 0 atom stereocenters. The Balaban J connectivity index is 0. The van der Waals surface area contributed by atoms with Gasteiger partial charge in [0.15, 0.2) is 0 Å². The standard InChI is InChI=1S/CHF3.Na/c2-1(3)4;/h1H;/q;+1. The minimum Gasteiger partial charge on any atom is -0.174 e. The van der Waals surface area contributed by atoms with E-state index < -0.39 is 6.68 Å². The Labute approximate surface area is 49.6 Å². The Morgan fingerprint density at radius 3 is 1.00 bits per heavy atom. The van der Waals surface area contributed by atoms with Crippen LogP contribution in [0.2, 0.25) is 0 Å². The van der Waals surface area contributed by atoms with E-state index in [2.05, 4.69) is 0 Å². The van der Waals surface area contributed by atoms with Crippen molar-refractivity contribution in [2.24, 2.45) is 0 Å². The summed E-state index contributed by atoms with van der Waals surface area (Å²) in [6, 6.07) is 0. The maximum atomic E-state index is 9.67. The molecule has 0 nitrogen and oxygen atoms in total. The second kappa shape index (κ2) is 4.79. The molecule has 0 aromatic rings. The minimum absolute atomic E-state index is 0. The van der Waals surface area contributed by atoms with Crippen molar-refractivity contribution in [3.05, 3.63) is 0 Å². The van der Waals surface area contributed by atoms with Crippen molar-refractivity contribution in [2.75, 3.05) is 0 Å². The fraction of sp³-hybridized carbons (Fsp3) is 1.00. The molecule has 0 unspecified atom stereocenters. The van der Waals surface area contributed by atoms with Crippen LogP contribution in [0.4, 0.5) is 13.2 Å². The van der Waals surface area contributed by atoms with Crippen LogP contribution in [0.3, 0.4) is 0 Å². The van der Waals surface area contributed by atoms with E-state index in [9.17, 15) is 13.2 Å². The second-order valence-corrected chi connectivity index (χ2v) is 0.247. The molecule has 4 heteroatoms. The Kier molecular flexibility index (Phi) is 8.86. The van der Waals surface area contributed by atoms with Crippen molar-refractivity contribution in [3.8, 4) is 0 Å². The van der Waals surface area contributed by atoms with Gasteiger partial charge in [0, 0.05) is 0 Å². The molecule has 5 heavy (non-hydrogen) atoms. The van der Waals surface area contributed by atoms with Crippen LogP contribution in [0.25, 0.3) is 0 Å². The molecule has 0 aliphatic heterocycles. The van der Waals surface area contributed by atoms with Gasteiger partial charge in [-0.3, -0.25) is 0 Å². The monoisotopic (exact) mass is 93.0 g/mol. The first kappa shape index (κ1) is 9.25. The van der Waals surface area contributed by atoms with E-state index in [0.717, 1.165) is 0 Å². The third-order valence-electron chi connectivity index (χ3n) is 0. The molecule has 0 aliphatic carbocycles. The van der Waals surface area contributed by atoms with Gasteiger partial charge in [-0.1, -0.05) is 0 Å². The first-order valence-electron chi connectivity index (χ1n) is 0.655. The van der Waals surface area contributed by atoms with E-state index in [0.29, 0.717) is 0 Å². The molecule has 0 radical (unpaired) electrons. The van der Waals surface area contributed by atoms with Crippen LogP contribution < -0.4 is 29.6 Å². The predicted molar refractivity (Wildman–Crippen MR) is 7.11 cm³/mol. The number of hydrogen-bond donors (Lipinski definition) is 0. The summed E-state index contributed by atoms with van der Waals surface area (Å²) in [5.41, 5.74) is 0. The van der Waals surface area contributed by atoms with Gasteiger partial charge in [0.2, 0.25) is 0 Å². The van der Waals surface area contributed by atoms with E-state index in [1.54, 1.807) is 0 Å². The summed E-state index contributed by atoms with van der Waals surface area (Å²) in [6.45, 7) is -3.67. The van der Waals surface area contributed by atoms with Gasteiger partial charge in [-0.05, 0) is 0 Å². The largest absolute Gasteiger partial charge is 1.00 e. The Bertz CT molecular complexity index is 11.6. The fourth-order valence-corrected chi connectivity index (χ4v) is 0. The summed E-state index contributed by atoms with van der Waals surface area (Å²) in [7, 11) is 0. The summed E-state index contributed by atoms with van der Waals surface area (Å²) < 4.78 is 29.0. The molecule has 0 aromatic heterocycles. The van der Waals surface area contributed by atoms with Crippen molar-refractivity contribution < 1.29 is 42.7 Å². The first-order chi connectivity index (χ1) is 1.73. The van der Waals surface area contributed by atoms with Crippen LogP contribution in [0.5, 0.6) is 0 Å². The fourth-order valence-electron chi connectivity index (χ4n) is 0. The van der Waals surface area contributed by atoms with Crippen molar-refractivity contribution in [3.63, 3.8) is 0 Å². The number of hydrogen-bond acceptors (Lipinski definition) is 0. The number of alkyl halides is 3. The Morgan fingerprint density at radius 2 is 1.00 bits per heavy atom. The molecule has 0 N–H and O–H groups in total. The van der Waals surface area contributed by atoms with Gasteiger partial charge < -0.3 is 0 Å². The van der Waals surface area contributed by atoms with Gasteiger partial charge in [0.05, 0.1) is 0 Å². The van der Waals surface area contributed by atoms with Gasteiger partial charge in [-0.2, -0.15) is 13.2 Å². The Hall–Kier alpha value is 0.790. The summed E-state index contributed by atoms with van der Waals surface area (Å²) in [6.07, 6.45) is 0. The summed E-state index contributed by atoms with van der Waals surface area (Å²) in [5.74, 6) is 0. The minimum atomic E-state index is -3.67. The van der Waals surface area contributed by atoms with E-state index in [-0.39, 0.29) is 29.6 Å². The molecule has 0 bridgehead atoms. The van der Waals surface area contributed by atoms with Crippen LogP contribution in [-0.4, -0.2) is 6.68 Å². The van der Waals surface area contributed by atoms with Crippen LogP contribution in [0.15, 0.2) is 0 Å². The van der Waals surface area contributed by atoms with Gasteiger partial charge in [0.1, 0.15) is 0 Å². The van der Waals surface area contributed by atoms with Crippen LogP contribution in [0, 0.1) is 0 Å². The molecule has 0 fully saturated rings. The van der Waals surface area contributed by atoms with E-state index >= 15 is 0 Å². The zero-order chi connectivity index (χ0) is 3.58. The third-order valence-corrected chi connectivity index (χ3v) is 0. The summed E-state index contributed by atoms with van der Waals surface area (Å²) >= 11 is 0. The quantitative estimate of drug-likeness (QED) is 0.309. The van der Waals surface area contributed by atoms with Crippen molar-refractivity contribution in [1.82, 2.24) is 0 Å². The van der Waals surface area contributed by atoms with E-state index in [1.165, 1.54) is 0 Å². The zero-order valence-electron chi connectivity index (χ0n) is 2.71.